The van der Waals surface area contributed by atoms with E-state index < -0.39 is 57.3 Å². The quantitative estimate of drug-likeness (QED) is 0.241. The highest BCUT2D eigenvalue weighted by molar-refractivity contribution is 6.29. The number of Topliss-reactive ketones (excluding diaryl/α,β-unsaturated/α-hetero) is 4. The van der Waals surface area contributed by atoms with Gasteiger partial charge in [-0.1, -0.05) is 24.3 Å². The molecule has 5 rings (SSSR count). The highest BCUT2D eigenvalue weighted by Gasteiger charge is 2.45. The zero-order valence-corrected chi connectivity index (χ0v) is 29.1. The number of rotatable bonds is 7. The molecule has 1 aromatic heterocycles. The summed E-state index contributed by atoms with van der Waals surface area (Å²) in [6.07, 6.45) is -1.28. The third-order valence-corrected chi connectivity index (χ3v) is 8.73. The van der Waals surface area contributed by atoms with Crippen LogP contribution in [0.4, 0.5) is 13.2 Å². The molecular formula is C38H36F3N3O8. The molecule has 2 aliphatic rings. The molecular weight excluding hydrogens is 683 g/mol. The van der Waals surface area contributed by atoms with Crippen LogP contribution in [-0.4, -0.2) is 63.2 Å². The fourth-order valence-electron chi connectivity index (χ4n) is 5.82. The lowest BCUT2D eigenvalue weighted by molar-refractivity contribution is -0.137. The number of halogens is 3. The molecule has 0 unspecified atom stereocenters. The number of aromatic nitrogens is 1. The summed E-state index contributed by atoms with van der Waals surface area (Å²) in [5.74, 6) is -4.80. The molecule has 0 bridgehead atoms. The van der Waals surface area contributed by atoms with Crippen LogP contribution in [0.15, 0.2) is 72.1 Å². The van der Waals surface area contributed by atoms with Crippen LogP contribution in [0, 0.1) is 0 Å². The summed E-state index contributed by atoms with van der Waals surface area (Å²) in [5, 5.41) is 25.6. The lowest BCUT2D eigenvalue weighted by atomic mass is 9.70. The van der Waals surface area contributed by atoms with E-state index in [9.17, 15) is 52.2 Å². The van der Waals surface area contributed by atoms with E-state index in [0.29, 0.717) is 17.2 Å². The van der Waals surface area contributed by atoms with Gasteiger partial charge < -0.3 is 20.8 Å². The molecule has 2 amide bonds. The van der Waals surface area contributed by atoms with Crippen molar-refractivity contribution < 1.29 is 52.2 Å². The van der Waals surface area contributed by atoms with Crippen molar-refractivity contribution in [2.24, 2.45) is 0 Å². The Hall–Kier alpha value is -5.92. The summed E-state index contributed by atoms with van der Waals surface area (Å²) in [4.78, 5) is 76.3. The second-order valence-electron chi connectivity index (χ2n) is 13.4. The Morgan fingerprint density at radius 2 is 1.17 bits per heavy atom. The third-order valence-electron chi connectivity index (χ3n) is 8.73. The SMILES string of the molecule is CC(=O)CNC(=O)C1=C(O)c2cc(-c3cccnc3)ccc2C(C)(C)C1=O.CC(=O)CNC(=O)C1=C(O)c2cc(C(F)(F)F)ccc2C(C)(C)C1=O. The number of aliphatic hydroxyl groups excluding tert-OH is 2. The molecule has 4 N–H and O–H groups in total. The number of hydrogen-bond acceptors (Lipinski definition) is 9. The number of carbonyl (C=O) groups is 6. The molecule has 0 radical (unpaired) electrons. The van der Waals surface area contributed by atoms with Crippen LogP contribution in [0.2, 0.25) is 0 Å². The molecule has 2 aromatic carbocycles. The Balaban J connectivity index is 0.000000234. The number of nitrogens with one attached hydrogen (secondary N) is 2. The number of pyridine rings is 1. The van der Waals surface area contributed by atoms with Crippen LogP contribution in [0.1, 0.15) is 69.4 Å². The third kappa shape index (κ3) is 7.55. The maximum absolute atomic E-state index is 12.9. The average molecular weight is 720 g/mol. The van der Waals surface area contributed by atoms with E-state index in [-0.39, 0.29) is 47.1 Å². The topological polar surface area (TPSA) is 180 Å². The number of alkyl halides is 3. The van der Waals surface area contributed by atoms with E-state index in [1.165, 1.54) is 27.7 Å². The molecule has 2 aliphatic carbocycles. The van der Waals surface area contributed by atoms with E-state index in [0.717, 1.165) is 23.3 Å². The van der Waals surface area contributed by atoms with E-state index >= 15 is 0 Å². The molecule has 272 valence electrons. The minimum Gasteiger partial charge on any atom is -0.506 e. The minimum atomic E-state index is -4.64. The molecule has 0 spiro atoms. The molecule has 3 aromatic rings. The summed E-state index contributed by atoms with van der Waals surface area (Å²) in [6, 6.07) is 11.7. The van der Waals surface area contributed by atoms with E-state index in [4.69, 9.17) is 0 Å². The Labute approximate surface area is 296 Å². The molecule has 0 aliphatic heterocycles. The number of carbonyl (C=O) groups excluding carboxylic acids is 6. The maximum Gasteiger partial charge on any atom is 0.416 e. The van der Waals surface area contributed by atoms with Gasteiger partial charge in [-0.2, -0.15) is 13.2 Å². The van der Waals surface area contributed by atoms with Crippen molar-refractivity contribution in [3.05, 3.63) is 99.9 Å². The zero-order chi connectivity index (χ0) is 38.9. The molecule has 14 heteroatoms. The number of fused-ring (bicyclic) bond motifs is 2. The highest BCUT2D eigenvalue weighted by atomic mass is 19.4. The van der Waals surface area contributed by atoms with Crippen LogP contribution in [0.5, 0.6) is 0 Å². The maximum atomic E-state index is 12.9. The second kappa shape index (κ2) is 14.4. The Morgan fingerprint density at radius 1 is 0.712 bits per heavy atom. The monoisotopic (exact) mass is 719 g/mol. The summed E-state index contributed by atoms with van der Waals surface area (Å²) in [7, 11) is 0. The van der Waals surface area contributed by atoms with Gasteiger partial charge in [-0.25, -0.2) is 0 Å². The van der Waals surface area contributed by atoms with Crippen molar-refractivity contribution in [3.8, 4) is 11.1 Å². The second-order valence-corrected chi connectivity index (χ2v) is 13.4. The summed E-state index contributed by atoms with van der Waals surface area (Å²) in [6.45, 7) is 8.30. The Kier molecular flexibility index (Phi) is 10.7. The molecule has 0 fully saturated rings. The van der Waals surface area contributed by atoms with Crippen molar-refractivity contribution in [2.45, 2.75) is 58.5 Å². The van der Waals surface area contributed by atoms with E-state index in [2.05, 4.69) is 15.6 Å². The number of nitrogens with zero attached hydrogens (tertiary/aromatic N) is 1. The van der Waals surface area contributed by atoms with Crippen LogP contribution >= 0.6 is 0 Å². The normalized spacial score (nSPS) is 15.9. The first-order valence-electron chi connectivity index (χ1n) is 15.9. The van der Waals surface area contributed by atoms with Crippen molar-refractivity contribution >= 4 is 46.5 Å². The largest absolute Gasteiger partial charge is 0.506 e. The van der Waals surface area contributed by atoms with Gasteiger partial charge in [-0.05, 0) is 82.5 Å². The van der Waals surface area contributed by atoms with E-state index in [1.807, 2.05) is 12.1 Å². The van der Waals surface area contributed by atoms with Crippen molar-refractivity contribution in [1.29, 1.82) is 0 Å². The fraction of sp³-hybridized carbons (Fsp3) is 0.289. The Bertz CT molecular complexity index is 2080. The molecule has 1 heterocycles. The first-order chi connectivity index (χ1) is 24.1. The summed E-state index contributed by atoms with van der Waals surface area (Å²) in [5.41, 5.74) is -1.60. The van der Waals surface area contributed by atoms with Crippen LogP contribution in [-0.2, 0) is 45.8 Å². The van der Waals surface area contributed by atoms with Crippen LogP contribution in [0.25, 0.3) is 22.6 Å². The molecule has 0 saturated carbocycles. The van der Waals surface area contributed by atoms with Gasteiger partial charge in [-0.15, -0.1) is 0 Å². The smallest absolute Gasteiger partial charge is 0.416 e. The van der Waals surface area contributed by atoms with Gasteiger partial charge in [-0.3, -0.25) is 33.8 Å². The summed E-state index contributed by atoms with van der Waals surface area (Å²) < 4.78 is 38.8. The Morgan fingerprint density at radius 3 is 1.60 bits per heavy atom. The van der Waals surface area contributed by atoms with Gasteiger partial charge in [0.05, 0.1) is 29.5 Å². The van der Waals surface area contributed by atoms with Crippen molar-refractivity contribution in [2.75, 3.05) is 13.1 Å². The molecule has 0 atom stereocenters. The first kappa shape index (κ1) is 38.9. The summed E-state index contributed by atoms with van der Waals surface area (Å²) >= 11 is 0. The number of ketones is 4. The van der Waals surface area contributed by atoms with Gasteiger partial charge in [0.25, 0.3) is 11.8 Å². The van der Waals surface area contributed by atoms with Gasteiger partial charge in [0, 0.05) is 29.1 Å². The fourth-order valence-corrected chi connectivity index (χ4v) is 5.82. The standard InChI is InChI=1S/C21H20N2O4.C17H16F3NO4/c1-12(24)10-23-20(27)17-18(25)15-9-13(14-5-4-8-22-11-14)6-7-16(15)21(2,3)19(17)26;1-8(22)7-21-15(25)12-13(23)10-6-9(17(18,19)20)4-5-11(10)16(2,3)14(12)24/h4-9,11,25H,10H2,1-3H3,(H,23,27);4-6,23H,7H2,1-3H3,(H,21,25). The first-order valence-corrected chi connectivity index (χ1v) is 15.9. The zero-order valence-electron chi connectivity index (χ0n) is 29.1. The van der Waals surface area contributed by atoms with Crippen molar-refractivity contribution in [1.82, 2.24) is 15.6 Å². The minimum absolute atomic E-state index is 0.186. The average Bonchev–Trinajstić information content (AvgIpc) is 3.08. The number of hydrogen-bond donors (Lipinski definition) is 4. The van der Waals surface area contributed by atoms with E-state index in [1.54, 1.807) is 44.4 Å². The number of aliphatic hydroxyl groups is 2. The highest BCUT2D eigenvalue weighted by Crippen LogP contribution is 2.43. The van der Waals surface area contributed by atoms with Crippen molar-refractivity contribution in [3.63, 3.8) is 0 Å². The number of benzene rings is 2. The predicted octanol–water partition coefficient (Wildman–Crippen LogP) is 5.12. The molecule has 52 heavy (non-hydrogen) atoms. The van der Waals surface area contributed by atoms with Crippen LogP contribution in [0.3, 0.4) is 0 Å². The van der Waals surface area contributed by atoms with Crippen LogP contribution < -0.4 is 10.6 Å². The van der Waals surface area contributed by atoms with Gasteiger partial charge in [0.2, 0.25) is 0 Å². The molecule has 11 nitrogen and oxygen atoms in total. The lowest BCUT2D eigenvalue weighted by Gasteiger charge is -2.32. The number of amides is 2. The van der Waals surface area contributed by atoms with Gasteiger partial charge in [0.15, 0.2) is 11.6 Å². The predicted molar refractivity (Wildman–Crippen MR) is 184 cm³/mol. The lowest BCUT2D eigenvalue weighted by Crippen LogP contribution is -2.42. The molecule has 0 saturated heterocycles. The van der Waals surface area contributed by atoms with Gasteiger partial charge in [0.1, 0.15) is 34.2 Å². The van der Waals surface area contributed by atoms with Gasteiger partial charge >= 0.3 is 6.18 Å².